The van der Waals surface area contributed by atoms with E-state index in [9.17, 15) is 0 Å². The summed E-state index contributed by atoms with van der Waals surface area (Å²) in [7, 11) is 0. The van der Waals surface area contributed by atoms with Gasteiger partial charge in [0.1, 0.15) is 4.34 Å². The monoisotopic (exact) mass is 441 g/mol. The van der Waals surface area contributed by atoms with Crippen molar-refractivity contribution in [2.24, 2.45) is 0 Å². The van der Waals surface area contributed by atoms with Crippen LogP contribution in [0.5, 0.6) is 0 Å². The van der Waals surface area contributed by atoms with Gasteiger partial charge in [-0.15, -0.1) is 11.3 Å². The first-order chi connectivity index (χ1) is 15.1. The van der Waals surface area contributed by atoms with Crippen molar-refractivity contribution in [3.05, 3.63) is 99.7 Å². The van der Waals surface area contributed by atoms with Crippen molar-refractivity contribution in [3.63, 3.8) is 0 Å². The summed E-state index contributed by atoms with van der Waals surface area (Å²) in [5.41, 5.74) is 7.08. The van der Waals surface area contributed by atoms with Gasteiger partial charge in [-0.1, -0.05) is 78.3 Å². The zero-order chi connectivity index (χ0) is 21.4. The van der Waals surface area contributed by atoms with Crippen molar-refractivity contribution in [1.29, 1.82) is 0 Å². The molecule has 0 saturated carbocycles. The summed E-state index contributed by atoms with van der Waals surface area (Å²) in [6, 6.07) is 26.7. The Morgan fingerprint density at radius 1 is 0.774 bits per heavy atom. The minimum Gasteiger partial charge on any atom is -0.276 e. The molecule has 2 aromatic heterocycles. The standard InChI is InChI=1S/C26H20ClN3S/c1-17-9-8-10-18(2)24(17)30(22-15-16-31-25(22)27)26-28-21-14-7-6-13-20(21)23(29-26)19-11-4-3-5-12-19/h3-16H,1-2H3. The van der Waals surface area contributed by atoms with Gasteiger partial charge >= 0.3 is 0 Å². The summed E-state index contributed by atoms with van der Waals surface area (Å²) in [5, 5.41) is 3.02. The molecule has 2 heterocycles. The van der Waals surface area contributed by atoms with Crippen molar-refractivity contribution in [2.75, 3.05) is 4.90 Å². The predicted molar refractivity (Wildman–Crippen MR) is 132 cm³/mol. The number of aromatic nitrogens is 2. The molecule has 0 unspecified atom stereocenters. The second-order valence-electron chi connectivity index (χ2n) is 7.41. The third kappa shape index (κ3) is 3.58. The number of hydrogen-bond donors (Lipinski definition) is 0. The average molecular weight is 442 g/mol. The molecule has 5 rings (SSSR count). The molecule has 0 aliphatic carbocycles. The Hall–Kier alpha value is -3.21. The van der Waals surface area contributed by atoms with Crippen LogP contribution in [0.15, 0.2) is 84.2 Å². The fourth-order valence-corrected chi connectivity index (χ4v) is 4.81. The van der Waals surface area contributed by atoms with Crippen LogP contribution in [0.4, 0.5) is 17.3 Å². The number of aryl methyl sites for hydroxylation is 2. The molecule has 31 heavy (non-hydrogen) atoms. The van der Waals surface area contributed by atoms with Crippen LogP contribution in [-0.2, 0) is 0 Å². The van der Waals surface area contributed by atoms with Gasteiger partial charge in [-0.2, -0.15) is 0 Å². The lowest BCUT2D eigenvalue weighted by atomic mass is 10.1. The minimum absolute atomic E-state index is 0.607. The molecule has 0 bridgehead atoms. The van der Waals surface area contributed by atoms with Crippen molar-refractivity contribution in [2.45, 2.75) is 13.8 Å². The number of rotatable bonds is 4. The molecule has 0 atom stereocenters. The van der Waals surface area contributed by atoms with Crippen LogP contribution in [0, 0.1) is 13.8 Å². The van der Waals surface area contributed by atoms with Crippen molar-refractivity contribution in [1.82, 2.24) is 9.97 Å². The van der Waals surface area contributed by atoms with Gasteiger partial charge < -0.3 is 0 Å². The Morgan fingerprint density at radius 3 is 2.19 bits per heavy atom. The Labute approximate surface area is 190 Å². The Kier molecular flexibility index (Phi) is 5.18. The Balaban J connectivity index is 1.84. The van der Waals surface area contributed by atoms with Gasteiger partial charge in [-0.3, -0.25) is 4.90 Å². The van der Waals surface area contributed by atoms with Gasteiger partial charge in [0.05, 0.1) is 22.6 Å². The van der Waals surface area contributed by atoms with E-state index in [0.29, 0.717) is 10.3 Å². The lowest BCUT2D eigenvalue weighted by molar-refractivity contribution is 1.10. The Bertz CT molecular complexity index is 1360. The molecule has 5 heteroatoms. The van der Waals surface area contributed by atoms with Crippen LogP contribution < -0.4 is 4.90 Å². The topological polar surface area (TPSA) is 29.0 Å². The zero-order valence-corrected chi connectivity index (χ0v) is 18.8. The van der Waals surface area contributed by atoms with E-state index in [-0.39, 0.29) is 0 Å². The maximum Gasteiger partial charge on any atom is 0.235 e. The smallest absolute Gasteiger partial charge is 0.235 e. The first kappa shape index (κ1) is 19.7. The number of nitrogens with zero attached hydrogens (tertiary/aromatic N) is 3. The van der Waals surface area contributed by atoms with Crippen LogP contribution >= 0.6 is 22.9 Å². The van der Waals surface area contributed by atoms with E-state index in [1.165, 1.54) is 11.3 Å². The second-order valence-corrected chi connectivity index (χ2v) is 8.93. The number of hydrogen-bond acceptors (Lipinski definition) is 4. The van der Waals surface area contributed by atoms with Crippen LogP contribution in [0.3, 0.4) is 0 Å². The second kappa shape index (κ2) is 8.14. The molecule has 0 aliphatic heterocycles. The zero-order valence-electron chi connectivity index (χ0n) is 17.2. The third-order valence-electron chi connectivity index (χ3n) is 5.34. The fourth-order valence-electron chi connectivity index (χ4n) is 3.91. The Morgan fingerprint density at radius 2 is 1.48 bits per heavy atom. The molecular weight excluding hydrogens is 422 g/mol. The molecular formula is C26H20ClN3S. The van der Waals surface area contributed by atoms with Gasteiger partial charge in [0.25, 0.3) is 0 Å². The van der Waals surface area contributed by atoms with Crippen molar-refractivity contribution < 1.29 is 0 Å². The van der Waals surface area contributed by atoms with Crippen LogP contribution in [0.2, 0.25) is 4.34 Å². The minimum atomic E-state index is 0.607. The summed E-state index contributed by atoms with van der Waals surface area (Å²) in [5.74, 6) is 0.607. The molecule has 5 aromatic rings. The summed E-state index contributed by atoms with van der Waals surface area (Å²) < 4.78 is 0.709. The van der Waals surface area contributed by atoms with Crippen molar-refractivity contribution in [3.8, 4) is 11.3 Å². The molecule has 0 aliphatic rings. The molecule has 152 valence electrons. The van der Waals surface area contributed by atoms with E-state index in [2.05, 4.69) is 55.1 Å². The summed E-state index contributed by atoms with van der Waals surface area (Å²) >= 11 is 8.14. The molecule has 0 fully saturated rings. The molecule has 0 saturated heterocycles. The highest BCUT2D eigenvalue weighted by Gasteiger charge is 2.23. The summed E-state index contributed by atoms with van der Waals surface area (Å²) in [4.78, 5) is 12.2. The number of thiophene rings is 1. The highest BCUT2D eigenvalue weighted by atomic mass is 35.5. The number of halogens is 1. The molecule has 3 nitrogen and oxygen atoms in total. The van der Waals surface area contributed by atoms with Crippen LogP contribution in [0.1, 0.15) is 11.1 Å². The van der Waals surface area contributed by atoms with Gasteiger partial charge in [-0.25, -0.2) is 9.97 Å². The van der Waals surface area contributed by atoms with E-state index >= 15 is 0 Å². The van der Waals surface area contributed by atoms with E-state index in [1.807, 2.05) is 47.8 Å². The maximum absolute atomic E-state index is 6.64. The largest absolute Gasteiger partial charge is 0.276 e. The summed E-state index contributed by atoms with van der Waals surface area (Å²) in [6.45, 7) is 4.21. The first-order valence-electron chi connectivity index (χ1n) is 10.0. The lowest BCUT2D eigenvalue weighted by Crippen LogP contribution is -2.16. The molecule has 0 amide bonds. The van der Waals surface area contributed by atoms with E-state index in [1.54, 1.807) is 0 Å². The molecule has 3 aromatic carbocycles. The number of fused-ring (bicyclic) bond motifs is 1. The third-order valence-corrected chi connectivity index (χ3v) is 6.49. The van der Waals surface area contributed by atoms with Gasteiger partial charge in [0, 0.05) is 10.9 Å². The maximum atomic E-state index is 6.64. The van der Waals surface area contributed by atoms with Crippen LogP contribution in [0.25, 0.3) is 22.2 Å². The predicted octanol–water partition coefficient (Wildman–Crippen LogP) is 8.10. The van der Waals surface area contributed by atoms with E-state index in [0.717, 1.165) is 44.7 Å². The number of para-hydroxylation sites is 2. The summed E-state index contributed by atoms with van der Waals surface area (Å²) in [6.07, 6.45) is 0. The van der Waals surface area contributed by atoms with E-state index in [4.69, 9.17) is 21.6 Å². The molecule has 0 spiro atoms. The average Bonchev–Trinajstić information content (AvgIpc) is 3.21. The van der Waals surface area contributed by atoms with Gasteiger partial charge in [0.2, 0.25) is 5.95 Å². The van der Waals surface area contributed by atoms with Gasteiger partial charge in [0.15, 0.2) is 0 Å². The van der Waals surface area contributed by atoms with E-state index < -0.39 is 0 Å². The molecule has 0 N–H and O–H groups in total. The normalized spacial score (nSPS) is 11.1. The van der Waals surface area contributed by atoms with Crippen LogP contribution in [-0.4, -0.2) is 9.97 Å². The quantitative estimate of drug-likeness (QED) is 0.282. The number of anilines is 3. The lowest BCUT2D eigenvalue weighted by Gasteiger charge is -2.26. The number of benzene rings is 3. The fraction of sp³-hybridized carbons (Fsp3) is 0.0769. The van der Waals surface area contributed by atoms with Crippen molar-refractivity contribution >= 4 is 51.2 Å². The first-order valence-corrected chi connectivity index (χ1v) is 11.3. The highest BCUT2D eigenvalue weighted by molar-refractivity contribution is 7.15. The molecule has 0 radical (unpaired) electrons. The van der Waals surface area contributed by atoms with Gasteiger partial charge in [-0.05, 0) is 42.5 Å². The SMILES string of the molecule is Cc1cccc(C)c1N(c1nc(-c2ccccc2)c2ccccc2n1)c1ccsc1Cl. The highest BCUT2D eigenvalue weighted by Crippen LogP contribution is 2.43.